The number of sulfone groups is 1. The zero-order valence-electron chi connectivity index (χ0n) is 10.6. The van der Waals surface area contributed by atoms with E-state index in [4.69, 9.17) is 5.11 Å². The third-order valence-electron chi connectivity index (χ3n) is 2.98. The summed E-state index contributed by atoms with van der Waals surface area (Å²) in [5, 5.41) is 8.76. The summed E-state index contributed by atoms with van der Waals surface area (Å²) in [7, 11) is -3.17. The van der Waals surface area contributed by atoms with E-state index in [1.165, 1.54) is 0 Å². The number of carbonyl (C=O) groups is 1. The maximum Gasteiger partial charge on any atom is 0.317 e. The van der Waals surface area contributed by atoms with Crippen molar-refractivity contribution in [3.8, 4) is 0 Å². The average Bonchev–Trinajstić information content (AvgIpc) is 2.92. The molecule has 0 bridgehead atoms. The van der Waals surface area contributed by atoms with Gasteiger partial charge in [-0.15, -0.1) is 0 Å². The van der Waals surface area contributed by atoms with Crippen molar-refractivity contribution in [2.45, 2.75) is 44.4 Å². The van der Waals surface area contributed by atoms with Gasteiger partial charge in [0.2, 0.25) is 0 Å². The molecule has 0 amide bonds. The zero-order valence-corrected chi connectivity index (χ0v) is 11.5. The van der Waals surface area contributed by atoms with Crippen LogP contribution in [0, 0.1) is 0 Å². The first-order valence-corrected chi connectivity index (χ1v) is 7.47. The van der Waals surface area contributed by atoms with Gasteiger partial charge in [-0.3, -0.25) is 9.69 Å². The molecule has 1 aliphatic rings. The van der Waals surface area contributed by atoms with Crippen molar-refractivity contribution in [1.29, 1.82) is 0 Å². The Balaban J connectivity index is 2.55. The van der Waals surface area contributed by atoms with Gasteiger partial charge in [-0.1, -0.05) is 0 Å². The summed E-state index contributed by atoms with van der Waals surface area (Å²) in [6, 6.07) is 0.265. The van der Waals surface area contributed by atoms with Crippen LogP contribution in [-0.4, -0.2) is 54.0 Å². The van der Waals surface area contributed by atoms with Gasteiger partial charge in [0.1, 0.15) is 0 Å². The van der Waals surface area contributed by atoms with Crippen molar-refractivity contribution in [3.63, 3.8) is 0 Å². The lowest BCUT2D eigenvalue weighted by Crippen LogP contribution is -2.39. The number of hydrogen-bond acceptors (Lipinski definition) is 4. The molecule has 0 aromatic rings. The summed E-state index contributed by atoms with van der Waals surface area (Å²) in [6.07, 6.45) is 1.95. The van der Waals surface area contributed by atoms with Gasteiger partial charge in [-0.25, -0.2) is 8.42 Å². The zero-order chi connectivity index (χ0) is 13.3. The Morgan fingerprint density at radius 3 is 2.24 bits per heavy atom. The van der Waals surface area contributed by atoms with Gasteiger partial charge in [-0.2, -0.15) is 0 Å². The molecule has 0 aromatic heterocycles. The van der Waals surface area contributed by atoms with E-state index in [-0.39, 0.29) is 18.3 Å². The maximum atomic E-state index is 11.9. The maximum absolute atomic E-state index is 11.9. The van der Waals surface area contributed by atoms with Gasteiger partial charge in [0.25, 0.3) is 0 Å². The summed E-state index contributed by atoms with van der Waals surface area (Å²) in [5.74, 6) is -0.870. The molecule has 0 spiro atoms. The molecule has 1 aliphatic carbocycles. The minimum Gasteiger partial charge on any atom is -0.480 e. The fourth-order valence-electron chi connectivity index (χ4n) is 1.55. The first-order valence-electron chi connectivity index (χ1n) is 5.81. The van der Waals surface area contributed by atoms with Crippen molar-refractivity contribution in [1.82, 2.24) is 4.90 Å². The summed E-state index contributed by atoms with van der Waals surface area (Å²) in [5.41, 5.74) is 0. The Hall–Kier alpha value is -0.620. The highest BCUT2D eigenvalue weighted by atomic mass is 32.2. The third kappa shape index (κ3) is 4.27. The monoisotopic (exact) mass is 263 g/mol. The highest BCUT2D eigenvalue weighted by molar-refractivity contribution is 7.92. The van der Waals surface area contributed by atoms with Crippen LogP contribution in [0.1, 0.15) is 33.6 Å². The van der Waals surface area contributed by atoms with Crippen molar-refractivity contribution >= 4 is 15.8 Å². The third-order valence-corrected chi connectivity index (χ3v) is 5.57. The van der Waals surface area contributed by atoms with Gasteiger partial charge < -0.3 is 5.11 Å². The normalized spacial score (nSPS) is 17.4. The lowest BCUT2D eigenvalue weighted by Gasteiger charge is -2.23. The van der Waals surface area contributed by atoms with Crippen LogP contribution in [0.3, 0.4) is 0 Å². The van der Waals surface area contributed by atoms with Crippen molar-refractivity contribution in [3.05, 3.63) is 0 Å². The van der Waals surface area contributed by atoms with E-state index in [9.17, 15) is 13.2 Å². The second-order valence-corrected chi connectivity index (χ2v) is 8.39. The van der Waals surface area contributed by atoms with E-state index in [0.717, 1.165) is 12.8 Å². The van der Waals surface area contributed by atoms with Gasteiger partial charge >= 0.3 is 5.97 Å². The standard InChI is InChI=1S/C11H21NO4S/c1-11(2,3)17(15,16)7-6-12(8-10(13)14)9-4-5-9/h9H,4-8H2,1-3H3,(H,13,14). The van der Waals surface area contributed by atoms with Crippen LogP contribution in [0.5, 0.6) is 0 Å². The minimum atomic E-state index is -3.17. The molecule has 1 rings (SSSR count). The molecule has 0 radical (unpaired) electrons. The molecule has 0 unspecified atom stereocenters. The number of hydrogen-bond donors (Lipinski definition) is 1. The van der Waals surface area contributed by atoms with E-state index in [1.807, 2.05) is 0 Å². The Labute approximate surface area is 103 Å². The smallest absolute Gasteiger partial charge is 0.317 e. The molecule has 1 saturated carbocycles. The van der Waals surface area contributed by atoms with Crippen LogP contribution in [0.25, 0.3) is 0 Å². The first kappa shape index (κ1) is 14.4. The molecule has 0 aromatic carbocycles. The van der Waals surface area contributed by atoms with Gasteiger partial charge in [0.05, 0.1) is 17.0 Å². The molecule has 0 aliphatic heterocycles. The Morgan fingerprint density at radius 2 is 1.88 bits per heavy atom. The van der Waals surface area contributed by atoms with E-state index < -0.39 is 20.6 Å². The van der Waals surface area contributed by atoms with Crippen LogP contribution in [0.15, 0.2) is 0 Å². The topological polar surface area (TPSA) is 74.7 Å². The Bertz CT molecular complexity index is 379. The van der Waals surface area contributed by atoms with E-state index in [1.54, 1.807) is 25.7 Å². The second-order valence-electron chi connectivity index (χ2n) is 5.53. The molecule has 0 saturated heterocycles. The molecular formula is C11H21NO4S. The Kier molecular flexibility index (Phi) is 4.19. The Morgan fingerprint density at radius 1 is 1.35 bits per heavy atom. The van der Waals surface area contributed by atoms with Gasteiger partial charge in [0, 0.05) is 12.6 Å². The lowest BCUT2D eigenvalue weighted by atomic mass is 10.3. The largest absolute Gasteiger partial charge is 0.480 e. The molecule has 100 valence electrons. The molecule has 5 nitrogen and oxygen atoms in total. The molecule has 1 fully saturated rings. The molecule has 0 atom stereocenters. The number of rotatable bonds is 6. The lowest BCUT2D eigenvalue weighted by molar-refractivity contribution is -0.138. The fourth-order valence-corrected chi connectivity index (χ4v) is 2.64. The van der Waals surface area contributed by atoms with Crippen molar-refractivity contribution in [2.75, 3.05) is 18.8 Å². The highest BCUT2D eigenvalue weighted by Crippen LogP contribution is 2.27. The number of nitrogens with zero attached hydrogens (tertiary/aromatic N) is 1. The van der Waals surface area contributed by atoms with Crippen LogP contribution in [0.4, 0.5) is 0 Å². The first-order chi connectivity index (χ1) is 7.63. The summed E-state index contributed by atoms with van der Waals surface area (Å²) < 4.78 is 23.1. The summed E-state index contributed by atoms with van der Waals surface area (Å²) in [6.45, 7) is 5.25. The molecule has 6 heteroatoms. The fraction of sp³-hybridized carbons (Fsp3) is 0.909. The molecular weight excluding hydrogens is 242 g/mol. The van der Waals surface area contributed by atoms with Crippen molar-refractivity contribution < 1.29 is 18.3 Å². The van der Waals surface area contributed by atoms with Crippen LogP contribution in [-0.2, 0) is 14.6 Å². The summed E-state index contributed by atoms with van der Waals surface area (Å²) >= 11 is 0. The molecule has 17 heavy (non-hydrogen) atoms. The number of carboxylic acid groups (broad SMARTS) is 1. The highest BCUT2D eigenvalue weighted by Gasteiger charge is 2.34. The van der Waals surface area contributed by atoms with E-state index in [0.29, 0.717) is 6.54 Å². The van der Waals surface area contributed by atoms with E-state index in [2.05, 4.69) is 0 Å². The van der Waals surface area contributed by atoms with Gasteiger partial charge in [0.15, 0.2) is 9.84 Å². The van der Waals surface area contributed by atoms with Crippen LogP contribution in [0.2, 0.25) is 0 Å². The predicted octanol–water partition coefficient (Wildman–Crippen LogP) is 0.749. The second kappa shape index (κ2) is 4.94. The van der Waals surface area contributed by atoms with Gasteiger partial charge in [-0.05, 0) is 33.6 Å². The van der Waals surface area contributed by atoms with Crippen molar-refractivity contribution in [2.24, 2.45) is 0 Å². The average molecular weight is 263 g/mol. The minimum absolute atomic E-state index is 0.0281. The molecule has 1 N–H and O–H groups in total. The molecule has 0 heterocycles. The van der Waals surface area contributed by atoms with E-state index >= 15 is 0 Å². The van der Waals surface area contributed by atoms with Crippen LogP contribution < -0.4 is 0 Å². The number of carboxylic acids is 1. The summed E-state index contributed by atoms with van der Waals surface area (Å²) in [4.78, 5) is 12.4. The SMILES string of the molecule is CC(C)(C)S(=O)(=O)CCN(CC(=O)O)C1CC1. The number of aliphatic carboxylic acids is 1. The predicted molar refractivity (Wildman–Crippen MR) is 65.8 cm³/mol. The van der Waals surface area contributed by atoms with Crippen LogP contribution >= 0.6 is 0 Å². The quantitative estimate of drug-likeness (QED) is 0.765.